The summed E-state index contributed by atoms with van der Waals surface area (Å²) in [5.74, 6) is 1.10. The minimum absolute atomic E-state index is 0. The molecule has 0 bridgehead atoms. The summed E-state index contributed by atoms with van der Waals surface area (Å²) in [7, 11) is 0. The highest BCUT2D eigenvalue weighted by atomic mass is 35.5. The van der Waals surface area contributed by atoms with Crippen LogP contribution in [0.25, 0.3) is 0 Å². The number of β-amino-alcohol motifs (C(OH)–C–C–N with tert-alkyl or cyclic N) is 1. The average molecular weight is 201 g/mol. The average Bonchev–Trinajstić information content (AvgIpc) is 2.05. The van der Waals surface area contributed by atoms with Crippen molar-refractivity contribution in [1.29, 1.82) is 0 Å². The Hall–Kier alpha value is -0.800. The van der Waals surface area contributed by atoms with E-state index < -0.39 is 0 Å². The van der Waals surface area contributed by atoms with Crippen LogP contribution in [0.2, 0.25) is 0 Å². The third-order valence-corrected chi connectivity index (χ3v) is 2.12. The SMILES string of the molecule is Cc1cc[n+]2c(c1)NCC(O)C2.[Cl-]. The van der Waals surface area contributed by atoms with Crippen LogP contribution in [-0.4, -0.2) is 17.8 Å². The van der Waals surface area contributed by atoms with Gasteiger partial charge < -0.3 is 17.5 Å². The molecule has 2 rings (SSSR count). The van der Waals surface area contributed by atoms with E-state index in [1.54, 1.807) is 0 Å². The fourth-order valence-electron chi connectivity index (χ4n) is 1.46. The van der Waals surface area contributed by atoms with Crippen molar-refractivity contribution in [2.24, 2.45) is 0 Å². The monoisotopic (exact) mass is 200 g/mol. The van der Waals surface area contributed by atoms with E-state index in [9.17, 15) is 5.11 Å². The van der Waals surface area contributed by atoms with Crippen molar-refractivity contribution in [3.63, 3.8) is 0 Å². The molecule has 1 aromatic rings. The molecule has 3 nitrogen and oxygen atoms in total. The van der Waals surface area contributed by atoms with Gasteiger partial charge in [0.2, 0.25) is 0 Å². The number of halogens is 1. The molecule has 0 fully saturated rings. The standard InChI is InChI=1S/C9H12N2O.ClH/c1-7-2-3-11-6-8(12)5-10-9(11)4-7;/h2-4,8,12H,5-6H2,1H3;1H. The molecule has 0 spiro atoms. The molecule has 1 aliphatic heterocycles. The van der Waals surface area contributed by atoms with Gasteiger partial charge in [-0.3, -0.25) is 5.32 Å². The van der Waals surface area contributed by atoms with Crippen LogP contribution in [0.4, 0.5) is 5.82 Å². The molecule has 2 N–H and O–H groups in total. The van der Waals surface area contributed by atoms with E-state index >= 15 is 0 Å². The molecule has 0 saturated carbocycles. The first kappa shape index (κ1) is 10.3. The number of nitrogens with one attached hydrogen (secondary N) is 1. The van der Waals surface area contributed by atoms with E-state index in [0.29, 0.717) is 13.1 Å². The van der Waals surface area contributed by atoms with Crippen LogP contribution < -0.4 is 22.3 Å². The Balaban J connectivity index is 0.000000845. The molecular weight excluding hydrogens is 188 g/mol. The number of rotatable bonds is 0. The highest BCUT2D eigenvalue weighted by molar-refractivity contribution is 5.32. The third-order valence-electron chi connectivity index (χ3n) is 2.12. The molecule has 1 aliphatic rings. The van der Waals surface area contributed by atoms with Crippen LogP contribution in [0.1, 0.15) is 5.56 Å². The Morgan fingerprint density at radius 1 is 1.62 bits per heavy atom. The number of hydrogen-bond acceptors (Lipinski definition) is 2. The van der Waals surface area contributed by atoms with Gasteiger partial charge in [0.05, 0.1) is 6.20 Å². The highest BCUT2D eigenvalue weighted by Crippen LogP contribution is 2.07. The van der Waals surface area contributed by atoms with E-state index in [0.717, 1.165) is 5.82 Å². The van der Waals surface area contributed by atoms with E-state index in [2.05, 4.69) is 18.3 Å². The maximum atomic E-state index is 9.34. The van der Waals surface area contributed by atoms with E-state index in [-0.39, 0.29) is 18.5 Å². The predicted octanol–water partition coefficient (Wildman–Crippen LogP) is -2.93. The fraction of sp³-hybridized carbons (Fsp3) is 0.444. The molecule has 72 valence electrons. The van der Waals surface area contributed by atoms with E-state index in [1.165, 1.54) is 5.56 Å². The van der Waals surface area contributed by atoms with Crippen LogP contribution in [-0.2, 0) is 6.54 Å². The van der Waals surface area contributed by atoms with Crippen molar-refractivity contribution < 1.29 is 22.1 Å². The maximum absolute atomic E-state index is 9.34. The fourth-order valence-corrected chi connectivity index (χ4v) is 1.46. The van der Waals surface area contributed by atoms with Crippen LogP contribution in [0.15, 0.2) is 18.3 Å². The number of fused-ring (bicyclic) bond motifs is 1. The summed E-state index contributed by atoms with van der Waals surface area (Å²) < 4.78 is 2.03. The van der Waals surface area contributed by atoms with Gasteiger partial charge in [0.15, 0.2) is 0 Å². The number of aromatic nitrogens is 1. The Morgan fingerprint density at radius 3 is 3.15 bits per heavy atom. The van der Waals surface area contributed by atoms with Crippen molar-refractivity contribution in [2.45, 2.75) is 19.6 Å². The third kappa shape index (κ3) is 2.11. The number of aliphatic hydroxyl groups excluding tert-OH is 1. The lowest BCUT2D eigenvalue weighted by Gasteiger charge is -2.17. The number of nitrogens with zero attached hydrogens (tertiary/aromatic N) is 1. The van der Waals surface area contributed by atoms with Gasteiger partial charge in [0.25, 0.3) is 5.82 Å². The number of pyridine rings is 1. The first-order valence-corrected chi connectivity index (χ1v) is 4.18. The summed E-state index contributed by atoms with van der Waals surface area (Å²) >= 11 is 0. The molecule has 1 aromatic heterocycles. The van der Waals surface area contributed by atoms with Crippen LogP contribution in [0.3, 0.4) is 0 Å². The molecule has 0 radical (unpaired) electrons. The van der Waals surface area contributed by atoms with Gasteiger partial charge in [-0.25, -0.2) is 4.57 Å². The zero-order valence-corrected chi connectivity index (χ0v) is 8.25. The lowest BCUT2D eigenvalue weighted by molar-refractivity contribution is -0.693. The Morgan fingerprint density at radius 2 is 2.38 bits per heavy atom. The summed E-state index contributed by atoms with van der Waals surface area (Å²) in [5.41, 5.74) is 1.24. The number of anilines is 1. The minimum atomic E-state index is -0.259. The molecule has 0 amide bonds. The molecule has 1 unspecified atom stereocenters. The van der Waals surface area contributed by atoms with Gasteiger partial charge >= 0.3 is 0 Å². The summed E-state index contributed by atoms with van der Waals surface area (Å²) in [6.07, 6.45) is 1.74. The van der Waals surface area contributed by atoms with Crippen molar-refractivity contribution in [1.82, 2.24) is 0 Å². The van der Waals surface area contributed by atoms with E-state index in [1.807, 2.05) is 16.8 Å². The zero-order valence-electron chi connectivity index (χ0n) is 7.50. The number of hydrogen-bond donors (Lipinski definition) is 2. The summed E-state index contributed by atoms with van der Waals surface area (Å²) in [6.45, 7) is 3.42. The molecule has 0 aromatic carbocycles. The van der Waals surface area contributed by atoms with Gasteiger partial charge in [-0.15, -0.1) is 0 Å². The summed E-state index contributed by atoms with van der Waals surface area (Å²) in [5, 5.41) is 12.5. The van der Waals surface area contributed by atoms with Gasteiger partial charge in [-0.05, 0) is 18.6 Å². The Kier molecular flexibility index (Phi) is 3.12. The summed E-state index contributed by atoms with van der Waals surface area (Å²) in [4.78, 5) is 0. The first-order chi connectivity index (χ1) is 5.75. The predicted molar refractivity (Wildman–Crippen MR) is 45.9 cm³/mol. The smallest absolute Gasteiger partial charge is 0.274 e. The normalized spacial score (nSPS) is 19.7. The minimum Gasteiger partial charge on any atom is -1.00 e. The van der Waals surface area contributed by atoms with Crippen molar-refractivity contribution in [2.75, 3.05) is 11.9 Å². The quantitative estimate of drug-likeness (QED) is 0.440. The second-order valence-corrected chi connectivity index (χ2v) is 3.28. The summed E-state index contributed by atoms with van der Waals surface area (Å²) in [6, 6.07) is 4.13. The van der Waals surface area contributed by atoms with Crippen LogP contribution in [0.5, 0.6) is 0 Å². The molecule has 13 heavy (non-hydrogen) atoms. The van der Waals surface area contributed by atoms with E-state index in [4.69, 9.17) is 0 Å². The molecular formula is C9H13ClN2O. The van der Waals surface area contributed by atoms with Crippen LogP contribution >= 0.6 is 0 Å². The Bertz CT molecular complexity index is 304. The van der Waals surface area contributed by atoms with Crippen molar-refractivity contribution in [3.8, 4) is 0 Å². The second kappa shape index (κ2) is 3.94. The van der Waals surface area contributed by atoms with Gasteiger partial charge in [-0.1, -0.05) is 0 Å². The topological polar surface area (TPSA) is 36.1 Å². The lowest BCUT2D eigenvalue weighted by atomic mass is 10.2. The van der Waals surface area contributed by atoms with Crippen LogP contribution in [0, 0.1) is 6.92 Å². The Labute approximate surface area is 83.8 Å². The number of aryl methyl sites for hydroxylation is 1. The molecule has 1 atom stereocenters. The molecule has 4 heteroatoms. The van der Waals surface area contributed by atoms with Gasteiger partial charge in [-0.2, -0.15) is 0 Å². The van der Waals surface area contributed by atoms with Crippen molar-refractivity contribution in [3.05, 3.63) is 23.9 Å². The largest absolute Gasteiger partial charge is 1.00 e. The number of aliphatic hydroxyl groups is 1. The first-order valence-electron chi connectivity index (χ1n) is 4.18. The molecule has 0 aliphatic carbocycles. The lowest BCUT2D eigenvalue weighted by Crippen LogP contribution is -3.00. The maximum Gasteiger partial charge on any atom is 0.274 e. The van der Waals surface area contributed by atoms with Crippen molar-refractivity contribution >= 4 is 5.82 Å². The van der Waals surface area contributed by atoms with Gasteiger partial charge in [0.1, 0.15) is 19.2 Å². The van der Waals surface area contributed by atoms with Gasteiger partial charge in [0, 0.05) is 6.07 Å². The molecule has 0 saturated heterocycles. The second-order valence-electron chi connectivity index (χ2n) is 3.28. The highest BCUT2D eigenvalue weighted by Gasteiger charge is 2.20. The zero-order chi connectivity index (χ0) is 8.55. The molecule has 2 heterocycles.